The van der Waals surface area contributed by atoms with Crippen LogP contribution in [0, 0.1) is 5.92 Å². The van der Waals surface area contributed by atoms with Crippen molar-refractivity contribution in [2.45, 2.75) is 13.0 Å². The first-order valence-corrected chi connectivity index (χ1v) is 11.2. The summed E-state index contributed by atoms with van der Waals surface area (Å²) in [6.45, 7) is 0.700. The van der Waals surface area contributed by atoms with Crippen molar-refractivity contribution in [1.82, 2.24) is 5.43 Å². The molecule has 0 radical (unpaired) electrons. The fraction of sp³-hybridized carbons (Fsp3) is 0.167. The van der Waals surface area contributed by atoms with E-state index in [0.717, 1.165) is 15.7 Å². The van der Waals surface area contributed by atoms with Gasteiger partial charge in [0.25, 0.3) is 0 Å². The highest BCUT2D eigenvalue weighted by atomic mass is 79.9. The van der Waals surface area contributed by atoms with E-state index in [1.165, 1.54) is 0 Å². The van der Waals surface area contributed by atoms with Gasteiger partial charge < -0.3 is 9.64 Å². The fourth-order valence-corrected chi connectivity index (χ4v) is 3.81. The average molecular weight is 515 g/mol. The molecule has 0 aromatic heterocycles. The van der Waals surface area contributed by atoms with Crippen LogP contribution < -0.4 is 20.5 Å². The van der Waals surface area contributed by atoms with Crippen LogP contribution in [0.2, 0.25) is 5.02 Å². The minimum absolute atomic E-state index is 0.0702. The number of rotatable bonds is 7. The van der Waals surface area contributed by atoms with Gasteiger partial charge in [0.05, 0.1) is 11.6 Å². The monoisotopic (exact) mass is 513 g/mol. The number of nitrogens with one attached hydrogen (secondary N) is 2. The second-order valence-corrected chi connectivity index (χ2v) is 8.76. The van der Waals surface area contributed by atoms with E-state index in [9.17, 15) is 9.59 Å². The second kappa shape index (κ2) is 10.1. The first-order chi connectivity index (χ1) is 15.5. The molecule has 4 rings (SSSR count). The molecule has 1 heterocycles. The van der Waals surface area contributed by atoms with Crippen molar-refractivity contribution >= 4 is 50.7 Å². The summed E-state index contributed by atoms with van der Waals surface area (Å²) >= 11 is 9.31. The van der Waals surface area contributed by atoms with E-state index < -0.39 is 5.92 Å². The van der Waals surface area contributed by atoms with Crippen LogP contribution in [0.3, 0.4) is 0 Å². The van der Waals surface area contributed by atoms with E-state index in [1.807, 2.05) is 72.8 Å². The first kappa shape index (κ1) is 22.2. The van der Waals surface area contributed by atoms with Crippen LogP contribution in [0.25, 0.3) is 0 Å². The Balaban J connectivity index is 1.34. The third-order valence-electron chi connectivity index (χ3n) is 5.15. The number of anilines is 2. The van der Waals surface area contributed by atoms with Crippen molar-refractivity contribution in [3.63, 3.8) is 0 Å². The van der Waals surface area contributed by atoms with Gasteiger partial charge in [-0.25, -0.2) is 0 Å². The molecule has 8 heteroatoms. The van der Waals surface area contributed by atoms with Gasteiger partial charge in [-0.1, -0.05) is 51.8 Å². The molecule has 0 unspecified atom stereocenters. The molecule has 2 N–H and O–H groups in total. The standard InChI is InChI=1S/C24H21BrClN3O3/c25-18-7-11-20(12-8-18)29-14-17(13-23(29)30)24(31)28-27-21-3-1-2-4-22(21)32-15-16-5-9-19(26)10-6-16/h1-12,17,27H,13-15H2,(H,28,31)/t17-/m1/s1. The van der Waals surface area contributed by atoms with Gasteiger partial charge in [-0.2, -0.15) is 0 Å². The number of amides is 2. The molecular weight excluding hydrogens is 494 g/mol. The number of hydrazine groups is 1. The summed E-state index contributed by atoms with van der Waals surface area (Å²) in [5, 5.41) is 0.669. The van der Waals surface area contributed by atoms with Crippen molar-refractivity contribution in [3.8, 4) is 5.75 Å². The lowest BCUT2D eigenvalue weighted by molar-refractivity contribution is -0.125. The molecule has 0 saturated carbocycles. The molecule has 32 heavy (non-hydrogen) atoms. The normalized spacial score (nSPS) is 15.5. The number of carbonyl (C=O) groups excluding carboxylic acids is 2. The summed E-state index contributed by atoms with van der Waals surface area (Å²) in [7, 11) is 0. The topological polar surface area (TPSA) is 70.7 Å². The van der Waals surface area contributed by atoms with Gasteiger partial charge in [-0.05, 0) is 54.1 Å². The number of hydrogen-bond donors (Lipinski definition) is 2. The molecule has 3 aromatic rings. The Bertz CT molecular complexity index is 1110. The van der Waals surface area contributed by atoms with Gasteiger partial charge in [0.2, 0.25) is 11.8 Å². The maximum atomic E-state index is 12.7. The van der Waals surface area contributed by atoms with Gasteiger partial charge in [0, 0.05) is 28.1 Å². The molecule has 6 nitrogen and oxygen atoms in total. The zero-order valence-corrected chi connectivity index (χ0v) is 19.4. The quantitative estimate of drug-likeness (QED) is 0.426. The number of halogens is 2. The Labute approximate surface area is 199 Å². The summed E-state index contributed by atoms with van der Waals surface area (Å²) in [6.07, 6.45) is 0.165. The summed E-state index contributed by atoms with van der Waals surface area (Å²) in [6, 6.07) is 22.2. The third kappa shape index (κ3) is 5.41. The molecule has 0 spiro atoms. The molecule has 1 aliphatic rings. The Morgan fingerprint density at radius 1 is 1.06 bits per heavy atom. The van der Waals surface area contributed by atoms with Crippen molar-refractivity contribution in [1.29, 1.82) is 0 Å². The van der Waals surface area contributed by atoms with Gasteiger partial charge in [0.15, 0.2) is 0 Å². The van der Waals surface area contributed by atoms with Gasteiger partial charge in [-0.15, -0.1) is 0 Å². The number of hydrogen-bond acceptors (Lipinski definition) is 4. The molecule has 1 saturated heterocycles. The van der Waals surface area contributed by atoms with Crippen LogP contribution in [-0.4, -0.2) is 18.4 Å². The number of carbonyl (C=O) groups is 2. The summed E-state index contributed by atoms with van der Waals surface area (Å²) < 4.78 is 6.83. The fourth-order valence-electron chi connectivity index (χ4n) is 3.42. The summed E-state index contributed by atoms with van der Waals surface area (Å²) in [4.78, 5) is 26.8. The number of nitrogens with zero attached hydrogens (tertiary/aromatic N) is 1. The van der Waals surface area contributed by atoms with Crippen molar-refractivity contribution < 1.29 is 14.3 Å². The lowest BCUT2D eigenvalue weighted by Crippen LogP contribution is -2.36. The zero-order chi connectivity index (χ0) is 22.5. The molecule has 1 atom stereocenters. The van der Waals surface area contributed by atoms with E-state index >= 15 is 0 Å². The Morgan fingerprint density at radius 3 is 2.53 bits per heavy atom. The lowest BCUT2D eigenvalue weighted by atomic mass is 10.1. The van der Waals surface area contributed by atoms with Gasteiger partial charge >= 0.3 is 0 Å². The SMILES string of the molecule is O=C(NNc1ccccc1OCc1ccc(Cl)cc1)[C@@H]1CC(=O)N(c2ccc(Br)cc2)C1. The molecule has 1 aliphatic heterocycles. The van der Waals surface area contributed by atoms with Gasteiger partial charge in [-0.3, -0.25) is 20.4 Å². The lowest BCUT2D eigenvalue weighted by Gasteiger charge is -2.18. The van der Waals surface area contributed by atoms with E-state index in [4.69, 9.17) is 16.3 Å². The van der Waals surface area contributed by atoms with Crippen LogP contribution in [-0.2, 0) is 16.2 Å². The molecule has 0 aliphatic carbocycles. The summed E-state index contributed by atoms with van der Waals surface area (Å²) in [5.74, 6) is -0.160. The zero-order valence-electron chi connectivity index (χ0n) is 17.1. The molecule has 3 aromatic carbocycles. The maximum absolute atomic E-state index is 12.7. The van der Waals surface area contributed by atoms with Crippen LogP contribution >= 0.6 is 27.5 Å². The number of para-hydroxylation sites is 2. The minimum Gasteiger partial charge on any atom is -0.487 e. The highest BCUT2D eigenvalue weighted by molar-refractivity contribution is 9.10. The van der Waals surface area contributed by atoms with E-state index in [-0.39, 0.29) is 18.2 Å². The van der Waals surface area contributed by atoms with Crippen molar-refractivity contribution in [2.24, 2.45) is 5.92 Å². The van der Waals surface area contributed by atoms with E-state index in [2.05, 4.69) is 26.8 Å². The van der Waals surface area contributed by atoms with Crippen LogP contribution in [0.4, 0.5) is 11.4 Å². The Morgan fingerprint density at radius 2 is 1.78 bits per heavy atom. The van der Waals surface area contributed by atoms with Crippen LogP contribution in [0.5, 0.6) is 5.75 Å². The summed E-state index contributed by atoms with van der Waals surface area (Å²) in [5.41, 5.74) is 8.03. The Hall–Kier alpha value is -3.03. The van der Waals surface area contributed by atoms with E-state index in [1.54, 1.807) is 4.90 Å². The smallest absolute Gasteiger partial charge is 0.243 e. The minimum atomic E-state index is -0.444. The molecule has 2 amide bonds. The number of ether oxygens (including phenoxy) is 1. The molecular formula is C24H21BrClN3O3. The first-order valence-electron chi connectivity index (χ1n) is 10.1. The predicted molar refractivity (Wildman–Crippen MR) is 129 cm³/mol. The third-order valence-corrected chi connectivity index (χ3v) is 5.93. The average Bonchev–Trinajstić information content (AvgIpc) is 3.20. The largest absolute Gasteiger partial charge is 0.487 e. The Kier molecular flexibility index (Phi) is 6.97. The number of benzene rings is 3. The highest BCUT2D eigenvalue weighted by Gasteiger charge is 2.35. The van der Waals surface area contributed by atoms with Crippen molar-refractivity contribution in [3.05, 3.63) is 87.9 Å². The van der Waals surface area contributed by atoms with Crippen LogP contribution in [0.15, 0.2) is 77.3 Å². The predicted octanol–water partition coefficient (Wildman–Crippen LogP) is 5.18. The van der Waals surface area contributed by atoms with E-state index in [0.29, 0.717) is 29.6 Å². The molecule has 1 fully saturated rings. The van der Waals surface area contributed by atoms with Crippen LogP contribution in [0.1, 0.15) is 12.0 Å². The van der Waals surface area contributed by atoms with Gasteiger partial charge in [0.1, 0.15) is 12.4 Å². The van der Waals surface area contributed by atoms with Crippen molar-refractivity contribution in [2.75, 3.05) is 16.9 Å². The molecule has 164 valence electrons. The highest BCUT2D eigenvalue weighted by Crippen LogP contribution is 2.27. The second-order valence-electron chi connectivity index (χ2n) is 7.41. The maximum Gasteiger partial charge on any atom is 0.243 e. The molecule has 0 bridgehead atoms.